The second kappa shape index (κ2) is 8.55. The van der Waals surface area contributed by atoms with Gasteiger partial charge in [-0.15, -0.1) is 10.2 Å². The molecule has 0 saturated carbocycles. The van der Waals surface area contributed by atoms with Gasteiger partial charge in [0.2, 0.25) is 17.7 Å². The van der Waals surface area contributed by atoms with E-state index in [1.165, 1.54) is 5.57 Å². The van der Waals surface area contributed by atoms with Crippen molar-refractivity contribution in [2.45, 2.75) is 40.5 Å². The maximum Gasteiger partial charge on any atom is 0.217 e. The van der Waals surface area contributed by atoms with Crippen LogP contribution in [0.25, 0.3) is 0 Å². The third kappa shape index (κ3) is 4.87. The Morgan fingerprint density at radius 3 is 2.67 bits per heavy atom. The molecule has 0 fully saturated rings. The Bertz CT molecular complexity index is 767. The molecule has 6 nitrogen and oxygen atoms in total. The van der Waals surface area contributed by atoms with Crippen LogP contribution >= 0.6 is 0 Å². The smallest absolute Gasteiger partial charge is 0.217 e. The third-order valence-corrected chi connectivity index (χ3v) is 5.56. The fourth-order valence-corrected chi connectivity index (χ4v) is 3.98. The minimum atomic E-state index is 0.469. The molecule has 3 rings (SSSR count). The molecule has 27 heavy (non-hydrogen) atoms. The quantitative estimate of drug-likeness (QED) is 0.733. The lowest BCUT2D eigenvalue weighted by Gasteiger charge is -2.37. The zero-order chi connectivity index (χ0) is 19.4. The molecular formula is C21H30N4O2. The van der Waals surface area contributed by atoms with E-state index in [-0.39, 0.29) is 0 Å². The molecule has 3 atom stereocenters. The van der Waals surface area contributed by atoms with E-state index in [1.807, 2.05) is 25.3 Å². The number of anilines is 1. The van der Waals surface area contributed by atoms with Crippen LogP contribution in [0.1, 0.15) is 39.0 Å². The second-order valence-electron chi connectivity index (χ2n) is 7.80. The first kappa shape index (κ1) is 19.4. The number of methoxy groups -OCH3 is 1. The molecule has 0 radical (unpaired) electrons. The average molecular weight is 370 g/mol. The van der Waals surface area contributed by atoms with Gasteiger partial charge in [-0.1, -0.05) is 25.5 Å². The Balaban J connectivity index is 1.67. The molecule has 1 aliphatic rings. The SMILES string of the molecule is COc1ccc(NC[C@@H]2C=C(C)[C@H](Cc3nnc(C)o3)C[C@H]2C(C)C)cn1. The van der Waals surface area contributed by atoms with E-state index in [0.717, 1.165) is 31.0 Å². The topological polar surface area (TPSA) is 73.1 Å². The molecule has 0 bridgehead atoms. The van der Waals surface area contributed by atoms with Crippen molar-refractivity contribution in [1.82, 2.24) is 15.2 Å². The van der Waals surface area contributed by atoms with Crippen molar-refractivity contribution in [1.29, 1.82) is 0 Å². The molecule has 2 aromatic rings. The van der Waals surface area contributed by atoms with Crippen molar-refractivity contribution in [3.05, 3.63) is 41.8 Å². The molecule has 2 aromatic heterocycles. The van der Waals surface area contributed by atoms with Crippen LogP contribution in [0.15, 0.2) is 34.4 Å². The number of ether oxygens (including phenoxy) is 1. The summed E-state index contributed by atoms with van der Waals surface area (Å²) >= 11 is 0. The van der Waals surface area contributed by atoms with Crippen molar-refractivity contribution >= 4 is 5.69 Å². The number of aryl methyl sites for hydroxylation is 1. The van der Waals surface area contributed by atoms with E-state index < -0.39 is 0 Å². The molecule has 2 heterocycles. The lowest BCUT2D eigenvalue weighted by Crippen LogP contribution is -2.32. The summed E-state index contributed by atoms with van der Waals surface area (Å²) in [6, 6.07) is 3.89. The number of nitrogens with one attached hydrogen (secondary N) is 1. The van der Waals surface area contributed by atoms with Gasteiger partial charge in [-0.2, -0.15) is 0 Å². The van der Waals surface area contributed by atoms with Crippen LogP contribution in [-0.4, -0.2) is 28.8 Å². The highest BCUT2D eigenvalue weighted by atomic mass is 16.5. The first-order chi connectivity index (χ1) is 13.0. The fraction of sp³-hybridized carbons (Fsp3) is 0.571. The molecule has 0 unspecified atom stereocenters. The molecule has 146 valence electrons. The van der Waals surface area contributed by atoms with Gasteiger partial charge < -0.3 is 14.5 Å². The number of hydrogen-bond acceptors (Lipinski definition) is 6. The highest BCUT2D eigenvalue weighted by Gasteiger charge is 2.32. The van der Waals surface area contributed by atoms with E-state index in [0.29, 0.717) is 35.4 Å². The van der Waals surface area contributed by atoms with Gasteiger partial charge in [-0.05, 0) is 43.1 Å². The molecule has 0 aliphatic heterocycles. The molecule has 6 heteroatoms. The predicted molar refractivity (Wildman–Crippen MR) is 106 cm³/mol. The number of hydrogen-bond donors (Lipinski definition) is 1. The van der Waals surface area contributed by atoms with Gasteiger partial charge in [0.1, 0.15) is 0 Å². The molecule has 0 amide bonds. The third-order valence-electron chi connectivity index (χ3n) is 5.56. The molecule has 0 aromatic carbocycles. The molecule has 0 saturated heterocycles. The van der Waals surface area contributed by atoms with Gasteiger partial charge >= 0.3 is 0 Å². The summed E-state index contributed by atoms with van der Waals surface area (Å²) in [5, 5.41) is 11.7. The van der Waals surface area contributed by atoms with E-state index in [1.54, 1.807) is 7.11 Å². The molecule has 1 aliphatic carbocycles. The Kier molecular flexibility index (Phi) is 6.14. The van der Waals surface area contributed by atoms with E-state index >= 15 is 0 Å². The van der Waals surface area contributed by atoms with Gasteiger partial charge in [0, 0.05) is 26.0 Å². The predicted octanol–water partition coefficient (Wildman–Crippen LogP) is 4.29. The van der Waals surface area contributed by atoms with Gasteiger partial charge in [-0.25, -0.2) is 4.98 Å². The van der Waals surface area contributed by atoms with Gasteiger partial charge in [-0.3, -0.25) is 0 Å². The molecule has 0 spiro atoms. The summed E-state index contributed by atoms with van der Waals surface area (Å²) in [6.45, 7) is 9.60. The van der Waals surface area contributed by atoms with E-state index in [9.17, 15) is 0 Å². The van der Waals surface area contributed by atoms with Crippen LogP contribution in [-0.2, 0) is 6.42 Å². The number of nitrogens with zero attached hydrogens (tertiary/aromatic N) is 3. The van der Waals surface area contributed by atoms with Crippen LogP contribution in [0.3, 0.4) is 0 Å². The summed E-state index contributed by atoms with van der Waals surface area (Å²) in [7, 11) is 1.63. The Hall–Kier alpha value is -2.37. The zero-order valence-corrected chi connectivity index (χ0v) is 16.9. The Morgan fingerprint density at radius 2 is 2.07 bits per heavy atom. The highest BCUT2D eigenvalue weighted by molar-refractivity contribution is 5.42. The van der Waals surface area contributed by atoms with Crippen molar-refractivity contribution in [3.63, 3.8) is 0 Å². The minimum Gasteiger partial charge on any atom is -0.481 e. The van der Waals surface area contributed by atoms with Crippen LogP contribution in [0.5, 0.6) is 5.88 Å². The maximum absolute atomic E-state index is 5.60. The monoisotopic (exact) mass is 370 g/mol. The molecule has 1 N–H and O–H groups in total. The lowest BCUT2D eigenvalue weighted by atomic mass is 9.70. The van der Waals surface area contributed by atoms with Crippen molar-refractivity contribution < 1.29 is 9.15 Å². The van der Waals surface area contributed by atoms with Crippen LogP contribution in [0.4, 0.5) is 5.69 Å². The average Bonchev–Trinajstić information content (AvgIpc) is 3.06. The molecular weight excluding hydrogens is 340 g/mol. The second-order valence-corrected chi connectivity index (χ2v) is 7.80. The van der Waals surface area contributed by atoms with E-state index in [2.05, 4.69) is 47.3 Å². The van der Waals surface area contributed by atoms with Crippen molar-refractivity contribution in [2.75, 3.05) is 19.0 Å². The first-order valence-electron chi connectivity index (χ1n) is 9.67. The van der Waals surface area contributed by atoms with Gasteiger partial charge in [0.15, 0.2) is 0 Å². The van der Waals surface area contributed by atoms with Crippen LogP contribution in [0.2, 0.25) is 0 Å². The van der Waals surface area contributed by atoms with Crippen molar-refractivity contribution in [3.8, 4) is 5.88 Å². The largest absolute Gasteiger partial charge is 0.481 e. The summed E-state index contributed by atoms with van der Waals surface area (Å²) in [5.41, 5.74) is 2.44. The number of pyridine rings is 1. The zero-order valence-electron chi connectivity index (χ0n) is 16.9. The minimum absolute atomic E-state index is 0.469. The summed E-state index contributed by atoms with van der Waals surface area (Å²) in [4.78, 5) is 4.27. The van der Waals surface area contributed by atoms with Crippen LogP contribution < -0.4 is 10.1 Å². The number of allylic oxidation sites excluding steroid dienone is 1. The van der Waals surface area contributed by atoms with E-state index in [4.69, 9.17) is 9.15 Å². The maximum atomic E-state index is 5.60. The standard InChI is InChI=1S/C21H30N4O2/c1-13(2)19-9-16(10-21-25-24-15(4)27-21)14(3)8-17(19)11-22-18-6-7-20(26-5)23-12-18/h6-8,12-13,16-17,19,22H,9-11H2,1-5H3/t16-,17-,19-/m0/s1. The summed E-state index contributed by atoms with van der Waals surface area (Å²) in [5.74, 6) is 4.20. The Morgan fingerprint density at radius 1 is 1.26 bits per heavy atom. The number of rotatable bonds is 7. The lowest BCUT2D eigenvalue weighted by molar-refractivity contribution is 0.229. The van der Waals surface area contributed by atoms with Gasteiger partial charge in [0.25, 0.3) is 0 Å². The fourth-order valence-electron chi connectivity index (χ4n) is 3.98. The first-order valence-corrected chi connectivity index (χ1v) is 9.67. The van der Waals surface area contributed by atoms with Crippen molar-refractivity contribution in [2.24, 2.45) is 23.7 Å². The van der Waals surface area contributed by atoms with Gasteiger partial charge in [0.05, 0.1) is 19.0 Å². The summed E-state index contributed by atoms with van der Waals surface area (Å²) < 4.78 is 10.7. The normalized spacial score (nSPS) is 22.6. The number of aromatic nitrogens is 3. The Labute approximate surface area is 161 Å². The highest BCUT2D eigenvalue weighted by Crippen LogP contribution is 2.39. The van der Waals surface area contributed by atoms with Crippen LogP contribution in [0, 0.1) is 30.6 Å². The summed E-state index contributed by atoms with van der Waals surface area (Å²) in [6.07, 6.45) is 6.24.